The number of carboxylic acid groups (broad SMARTS) is 1. The van der Waals surface area contributed by atoms with Crippen molar-refractivity contribution in [2.24, 2.45) is 0 Å². The summed E-state index contributed by atoms with van der Waals surface area (Å²) in [5, 5.41) is 12.3. The highest BCUT2D eigenvalue weighted by molar-refractivity contribution is 7.83. The maximum absolute atomic E-state index is 11.5. The van der Waals surface area contributed by atoms with E-state index in [1.807, 2.05) is 6.07 Å². The Labute approximate surface area is 98.4 Å². The third-order valence-electron chi connectivity index (χ3n) is 1.82. The van der Waals surface area contributed by atoms with Gasteiger partial charge in [-0.3, -0.25) is 9.59 Å². The second kappa shape index (κ2) is 5.97. The normalized spacial score (nSPS) is 10.3. The predicted octanol–water partition coefficient (Wildman–Crippen LogP) is 1.40. The van der Waals surface area contributed by atoms with Gasteiger partial charge in [0.2, 0.25) is 0 Å². The maximum Gasteiger partial charge on any atom is 0.322 e. The molecule has 0 saturated carbocycles. The number of carbonyl (C=O) groups excluding carboxylic acids is 1. The summed E-state index contributed by atoms with van der Waals surface area (Å²) in [4.78, 5) is 21.8. The predicted molar refractivity (Wildman–Crippen MR) is 64.4 cm³/mol. The van der Waals surface area contributed by atoms with Gasteiger partial charge in [-0.1, -0.05) is 12.1 Å². The molecule has 1 aromatic carbocycles. The van der Waals surface area contributed by atoms with Crippen LogP contribution in [0.5, 0.6) is 0 Å². The van der Waals surface area contributed by atoms with Gasteiger partial charge in [-0.25, -0.2) is 0 Å². The van der Waals surface area contributed by atoms with E-state index in [-0.39, 0.29) is 6.54 Å². The summed E-state index contributed by atoms with van der Waals surface area (Å²) in [7, 11) is 0. The van der Waals surface area contributed by atoms with Gasteiger partial charge in [-0.05, 0) is 29.2 Å². The van der Waals surface area contributed by atoms with Crippen LogP contribution >= 0.6 is 12.6 Å². The Morgan fingerprint density at radius 3 is 2.81 bits per heavy atom. The Balaban J connectivity index is 2.75. The summed E-state index contributed by atoms with van der Waals surface area (Å²) in [5.74, 6) is -1.48. The zero-order valence-corrected chi connectivity index (χ0v) is 9.28. The fourth-order valence-electron chi connectivity index (χ4n) is 1.13. The van der Waals surface area contributed by atoms with Crippen LogP contribution in [-0.2, 0) is 4.79 Å². The minimum absolute atomic E-state index is 0.383. The van der Waals surface area contributed by atoms with Crippen molar-refractivity contribution < 1.29 is 14.7 Å². The van der Waals surface area contributed by atoms with Crippen molar-refractivity contribution in [2.75, 3.05) is 6.54 Å². The zero-order valence-electron chi connectivity index (χ0n) is 8.38. The van der Waals surface area contributed by atoms with E-state index in [1.165, 1.54) is 0 Å². The zero-order chi connectivity index (χ0) is 12.0. The van der Waals surface area contributed by atoms with Gasteiger partial charge >= 0.3 is 5.97 Å². The van der Waals surface area contributed by atoms with Crippen LogP contribution in [0.2, 0.25) is 0 Å². The molecule has 5 heteroatoms. The highest BCUT2D eigenvalue weighted by Gasteiger charge is 2.06. The number of aliphatic carboxylic acids is 1. The van der Waals surface area contributed by atoms with E-state index in [0.717, 1.165) is 5.56 Å². The SMILES string of the molecule is O=C(O)CNC(=O)c1cccc(/C=C/S)c1. The van der Waals surface area contributed by atoms with E-state index < -0.39 is 11.9 Å². The summed E-state index contributed by atoms with van der Waals surface area (Å²) in [6.07, 6.45) is 1.73. The maximum atomic E-state index is 11.5. The van der Waals surface area contributed by atoms with E-state index in [0.29, 0.717) is 5.56 Å². The van der Waals surface area contributed by atoms with Crippen LogP contribution < -0.4 is 5.32 Å². The lowest BCUT2D eigenvalue weighted by molar-refractivity contribution is -0.135. The molecule has 1 amide bonds. The van der Waals surface area contributed by atoms with Gasteiger partial charge in [0.25, 0.3) is 5.91 Å². The van der Waals surface area contributed by atoms with Crippen LogP contribution in [0, 0.1) is 0 Å². The standard InChI is InChI=1S/C11H11NO3S/c13-10(14)7-12-11(15)9-3-1-2-8(6-9)4-5-16/h1-6,16H,7H2,(H,12,15)(H,13,14)/b5-4+. The van der Waals surface area contributed by atoms with Crippen LogP contribution in [0.15, 0.2) is 29.7 Å². The summed E-state index contributed by atoms with van der Waals surface area (Å²) >= 11 is 3.93. The molecule has 0 aliphatic carbocycles. The molecule has 1 rings (SSSR count). The minimum atomic E-state index is -1.07. The van der Waals surface area contributed by atoms with Crippen LogP contribution in [0.1, 0.15) is 15.9 Å². The largest absolute Gasteiger partial charge is 0.480 e. The molecule has 84 valence electrons. The molecule has 0 atom stereocenters. The first kappa shape index (κ1) is 12.3. The Morgan fingerprint density at radius 2 is 2.19 bits per heavy atom. The molecule has 0 heterocycles. The number of hydrogen-bond acceptors (Lipinski definition) is 3. The van der Waals surface area contributed by atoms with Crippen molar-refractivity contribution in [2.45, 2.75) is 0 Å². The quantitative estimate of drug-likeness (QED) is 0.693. The van der Waals surface area contributed by atoms with E-state index in [1.54, 1.807) is 29.7 Å². The highest BCUT2D eigenvalue weighted by atomic mass is 32.1. The first-order valence-electron chi connectivity index (χ1n) is 4.54. The Morgan fingerprint density at radius 1 is 1.44 bits per heavy atom. The van der Waals surface area contributed by atoms with E-state index >= 15 is 0 Å². The van der Waals surface area contributed by atoms with Crippen molar-refractivity contribution in [3.63, 3.8) is 0 Å². The molecule has 0 unspecified atom stereocenters. The van der Waals surface area contributed by atoms with Crippen LogP contribution in [-0.4, -0.2) is 23.5 Å². The number of nitrogens with one attached hydrogen (secondary N) is 1. The minimum Gasteiger partial charge on any atom is -0.480 e. The summed E-state index contributed by atoms with van der Waals surface area (Å²) in [6.45, 7) is -0.383. The lowest BCUT2D eigenvalue weighted by Crippen LogP contribution is -2.29. The van der Waals surface area contributed by atoms with Gasteiger partial charge < -0.3 is 10.4 Å². The van der Waals surface area contributed by atoms with Gasteiger partial charge in [0.1, 0.15) is 6.54 Å². The van der Waals surface area contributed by atoms with Gasteiger partial charge in [0.05, 0.1) is 0 Å². The summed E-state index contributed by atoms with van der Waals surface area (Å²) in [6, 6.07) is 6.82. The van der Waals surface area contributed by atoms with E-state index in [4.69, 9.17) is 5.11 Å². The molecule has 0 radical (unpaired) electrons. The molecule has 0 aliphatic rings. The molecule has 4 nitrogen and oxygen atoms in total. The molecule has 0 saturated heterocycles. The molecule has 1 aromatic rings. The number of hydrogen-bond donors (Lipinski definition) is 3. The number of benzene rings is 1. The van der Waals surface area contributed by atoms with E-state index in [9.17, 15) is 9.59 Å². The van der Waals surface area contributed by atoms with Gasteiger partial charge in [0, 0.05) is 5.56 Å². The fraction of sp³-hybridized carbons (Fsp3) is 0.0909. The lowest BCUT2D eigenvalue weighted by atomic mass is 10.1. The third-order valence-corrected chi connectivity index (χ3v) is 1.97. The molecule has 0 spiro atoms. The number of rotatable bonds is 4. The van der Waals surface area contributed by atoms with Crippen LogP contribution in [0.4, 0.5) is 0 Å². The van der Waals surface area contributed by atoms with E-state index in [2.05, 4.69) is 17.9 Å². The van der Waals surface area contributed by atoms with Crippen molar-refractivity contribution in [3.8, 4) is 0 Å². The van der Waals surface area contributed by atoms with Gasteiger partial charge in [-0.15, -0.1) is 0 Å². The lowest BCUT2D eigenvalue weighted by Gasteiger charge is -2.03. The Hall–Kier alpha value is -1.75. The highest BCUT2D eigenvalue weighted by Crippen LogP contribution is 2.07. The first-order chi connectivity index (χ1) is 7.63. The monoisotopic (exact) mass is 237 g/mol. The smallest absolute Gasteiger partial charge is 0.322 e. The fourth-order valence-corrected chi connectivity index (χ4v) is 1.30. The number of amides is 1. The van der Waals surface area contributed by atoms with Crippen LogP contribution in [0.25, 0.3) is 6.08 Å². The average Bonchev–Trinajstić information content (AvgIpc) is 2.26. The van der Waals surface area contributed by atoms with Gasteiger partial charge in [-0.2, -0.15) is 12.6 Å². The van der Waals surface area contributed by atoms with Crippen LogP contribution in [0.3, 0.4) is 0 Å². The summed E-state index contributed by atoms with van der Waals surface area (Å²) < 4.78 is 0. The molecule has 16 heavy (non-hydrogen) atoms. The molecule has 2 N–H and O–H groups in total. The Bertz CT molecular complexity index is 429. The summed E-state index contributed by atoms with van der Waals surface area (Å²) in [5.41, 5.74) is 1.25. The molecule has 0 aromatic heterocycles. The third kappa shape index (κ3) is 3.78. The molecule has 0 fully saturated rings. The second-order valence-electron chi connectivity index (χ2n) is 3.02. The number of thiol groups is 1. The first-order valence-corrected chi connectivity index (χ1v) is 5.06. The number of carbonyl (C=O) groups is 2. The van der Waals surface area contributed by atoms with Crippen molar-refractivity contribution in [1.29, 1.82) is 0 Å². The topological polar surface area (TPSA) is 66.4 Å². The second-order valence-corrected chi connectivity index (χ2v) is 3.32. The molecule has 0 aliphatic heterocycles. The molecular formula is C11H11NO3S. The van der Waals surface area contributed by atoms with Crippen molar-refractivity contribution >= 4 is 30.6 Å². The molecular weight excluding hydrogens is 226 g/mol. The van der Waals surface area contributed by atoms with Gasteiger partial charge in [0.15, 0.2) is 0 Å². The molecule has 0 bridgehead atoms. The Kier molecular flexibility index (Phi) is 4.60. The van der Waals surface area contributed by atoms with Crippen molar-refractivity contribution in [1.82, 2.24) is 5.32 Å². The average molecular weight is 237 g/mol. The number of carboxylic acids is 1. The van der Waals surface area contributed by atoms with Crippen molar-refractivity contribution in [3.05, 3.63) is 40.8 Å².